The number of anilines is 1. The molecule has 5 N–H and O–H groups in total. The average molecular weight is 339 g/mol. The van der Waals surface area contributed by atoms with Crippen LogP contribution in [0.1, 0.15) is 6.92 Å². The smallest absolute Gasteiger partial charge is 0.241 e. The molecule has 0 aliphatic rings. The lowest BCUT2D eigenvalue weighted by Crippen LogP contribution is -2.51. The first-order valence-corrected chi connectivity index (χ1v) is 7.32. The minimum Gasteiger partial charge on any atom is -0.398 e. The molecule has 0 amide bonds. The number of hydrogen-bond acceptors (Lipinski definition) is 5. The van der Waals surface area contributed by atoms with Crippen LogP contribution in [0.4, 0.5) is 5.69 Å². The monoisotopic (exact) mass is 338 g/mol. The number of aliphatic hydroxyl groups excluding tert-OH is 2. The zero-order valence-corrected chi connectivity index (χ0v) is 12.1. The van der Waals surface area contributed by atoms with Gasteiger partial charge in [0.15, 0.2) is 0 Å². The molecule has 0 radical (unpaired) electrons. The summed E-state index contributed by atoms with van der Waals surface area (Å²) in [6.45, 7) is 0.357. The van der Waals surface area contributed by atoms with Gasteiger partial charge in [0, 0.05) is 10.2 Å². The van der Waals surface area contributed by atoms with Crippen LogP contribution >= 0.6 is 15.9 Å². The van der Waals surface area contributed by atoms with E-state index in [0.29, 0.717) is 4.47 Å². The molecule has 8 heteroatoms. The second kappa shape index (κ2) is 5.54. The van der Waals surface area contributed by atoms with E-state index in [1.54, 1.807) is 0 Å². The lowest BCUT2D eigenvalue weighted by Gasteiger charge is -2.25. The number of nitrogens with two attached hydrogens (primary N) is 1. The predicted octanol–water partition coefficient (Wildman–Crippen LogP) is 0.0529. The van der Waals surface area contributed by atoms with Crippen molar-refractivity contribution in [1.82, 2.24) is 4.72 Å². The minimum atomic E-state index is -3.85. The second-order valence-corrected chi connectivity index (χ2v) is 6.70. The number of benzene rings is 1. The summed E-state index contributed by atoms with van der Waals surface area (Å²) in [4.78, 5) is -0.0312. The maximum atomic E-state index is 12.0. The number of nitrogen functional groups attached to an aromatic ring is 1. The molecule has 0 heterocycles. The van der Waals surface area contributed by atoms with Gasteiger partial charge in [0.2, 0.25) is 10.0 Å². The fourth-order valence-electron chi connectivity index (χ4n) is 1.19. The van der Waals surface area contributed by atoms with Crippen molar-refractivity contribution >= 4 is 31.6 Å². The number of halogens is 1. The van der Waals surface area contributed by atoms with Crippen LogP contribution in [-0.4, -0.2) is 37.4 Å². The topological polar surface area (TPSA) is 113 Å². The largest absolute Gasteiger partial charge is 0.398 e. The molecule has 0 atom stereocenters. The van der Waals surface area contributed by atoms with Gasteiger partial charge in [-0.15, -0.1) is 0 Å². The fourth-order valence-corrected chi connectivity index (χ4v) is 2.86. The van der Waals surface area contributed by atoms with Gasteiger partial charge in [-0.25, -0.2) is 13.1 Å². The van der Waals surface area contributed by atoms with Crippen LogP contribution in [0, 0.1) is 0 Å². The Morgan fingerprint density at radius 2 is 1.94 bits per heavy atom. The van der Waals surface area contributed by atoms with Gasteiger partial charge in [-0.05, 0) is 41.1 Å². The Labute approximate surface area is 114 Å². The zero-order valence-electron chi connectivity index (χ0n) is 9.72. The van der Waals surface area contributed by atoms with Crippen LogP contribution in [-0.2, 0) is 10.0 Å². The first kappa shape index (κ1) is 15.4. The van der Waals surface area contributed by atoms with Crippen molar-refractivity contribution in [2.24, 2.45) is 0 Å². The van der Waals surface area contributed by atoms with E-state index in [2.05, 4.69) is 20.7 Å². The average Bonchev–Trinajstić information content (AvgIpc) is 2.32. The van der Waals surface area contributed by atoms with E-state index in [0.717, 1.165) is 0 Å². The summed E-state index contributed by atoms with van der Waals surface area (Å²) in [5.74, 6) is 0. The Morgan fingerprint density at radius 3 is 2.39 bits per heavy atom. The maximum absolute atomic E-state index is 12.0. The molecule has 0 aromatic heterocycles. The first-order chi connectivity index (χ1) is 8.24. The molecule has 0 aliphatic carbocycles. The Hall–Kier alpha value is -0.670. The molecule has 18 heavy (non-hydrogen) atoms. The van der Waals surface area contributed by atoms with E-state index in [1.165, 1.54) is 25.1 Å². The van der Waals surface area contributed by atoms with E-state index in [9.17, 15) is 8.42 Å². The highest BCUT2D eigenvalue weighted by atomic mass is 79.9. The standard InChI is InChI=1S/C10H15BrN2O4S/c1-10(5-14,6-15)13-18(16,17)7-2-3-8(11)9(12)4-7/h2-4,13-15H,5-6,12H2,1H3. The summed E-state index contributed by atoms with van der Waals surface area (Å²) >= 11 is 3.16. The predicted molar refractivity (Wildman–Crippen MR) is 71.5 cm³/mol. The highest BCUT2D eigenvalue weighted by Crippen LogP contribution is 2.23. The number of rotatable bonds is 5. The minimum absolute atomic E-state index is 0.0312. The molecule has 1 rings (SSSR count). The van der Waals surface area contributed by atoms with E-state index in [4.69, 9.17) is 15.9 Å². The van der Waals surface area contributed by atoms with Crippen molar-refractivity contribution in [2.75, 3.05) is 18.9 Å². The second-order valence-electron chi connectivity index (χ2n) is 4.17. The maximum Gasteiger partial charge on any atom is 0.241 e. The molecule has 0 saturated carbocycles. The van der Waals surface area contributed by atoms with Crippen molar-refractivity contribution in [2.45, 2.75) is 17.4 Å². The van der Waals surface area contributed by atoms with Crippen molar-refractivity contribution in [3.05, 3.63) is 22.7 Å². The van der Waals surface area contributed by atoms with Gasteiger partial charge in [-0.1, -0.05) is 0 Å². The molecule has 0 bridgehead atoms. The van der Waals surface area contributed by atoms with Crippen LogP contribution in [0.2, 0.25) is 0 Å². The lowest BCUT2D eigenvalue weighted by molar-refractivity contribution is 0.122. The van der Waals surface area contributed by atoms with E-state index in [1.807, 2.05) is 0 Å². The molecule has 0 spiro atoms. The quantitative estimate of drug-likeness (QED) is 0.567. The fraction of sp³-hybridized carbons (Fsp3) is 0.400. The summed E-state index contributed by atoms with van der Waals surface area (Å²) in [5, 5.41) is 18.2. The van der Waals surface area contributed by atoms with Crippen molar-refractivity contribution in [1.29, 1.82) is 0 Å². The summed E-state index contributed by atoms with van der Waals surface area (Å²) in [5.41, 5.74) is 4.57. The Kier molecular flexibility index (Phi) is 4.73. The summed E-state index contributed by atoms with van der Waals surface area (Å²) < 4.78 is 26.9. The summed E-state index contributed by atoms with van der Waals surface area (Å²) in [7, 11) is -3.85. The third-order valence-corrected chi connectivity index (χ3v) is 4.71. The van der Waals surface area contributed by atoms with Crippen LogP contribution in [0.3, 0.4) is 0 Å². The Bertz CT molecular complexity index is 529. The Balaban J connectivity index is 3.10. The van der Waals surface area contributed by atoms with Crippen molar-refractivity contribution < 1.29 is 18.6 Å². The highest BCUT2D eigenvalue weighted by Gasteiger charge is 2.29. The van der Waals surface area contributed by atoms with Gasteiger partial charge in [-0.3, -0.25) is 0 Å². The molecule has 0 saturated heterocycles. The van der Waals surface area contributed by atoms with Crippen LogP contribution in [0.25, 0.3) is 0 Å². The third kappa shape index (κ3) is 3.42. The van der Waals surface area contributed by atoms with E-state index in [-0.39, 0.29) is 10.6 Å². The lowest BCUT2D eigenvalue weighted by atomic mass is 10.1. The van der Waals surface area contributed by atoms with Gasteiger partial charge < -0.3 is 15.9 Å². The molecule has 6 nitrogen and oxygen atoms in total. The molecule has 0 aliphatic heterocycles. The number of sulfonamides is 1. The molecular formula is C10H15BrN2O4S. The number of nitrogens with one attached hydrogen (secondary N) is 1. The highest BCUT2D eigenvalue weighted by molar-refractivity contribution is 9.10. The summed E-state index contributed by atoms with van der Waals surface area (Å²) in [6, 6.07) is 4.18. The molecule has 1 aromatic rings. The van der Waals surface area contributed by atoms with Gasteiger partial charge in [-0.2, -0.15) is 0 Å². The van der Waals surface area contributed by atoms with Crippen molar-refractivity contribution in [3.8, 4) is 0 Å². The Morgan fingerprint density at radius 1 is 1.39 bits per heavy atom. The molecule has 0 fully saturated rings. The molecule has 102 valence electrons. The molecule has 1 aromatic carbocycles. The number of aliphatic hydroxyl groups is 2. The van der Waals surface area contributed by atoms with Gasteiger partial charge >= 0.3 is 0 Å². The zero-order chi connectivity index (χ0) is 14.0. The SMILES string of the molecule is CC(CO)(CO)NS(=O)(=O)c1ccc(Br)c(N)c1. The first-order valence-electron chi connectivity index (χ1n) is 5.05. The van der Waals surface area contributed by atoms with Crippen LogP contribution < -0.4 is 10.5 Å². The molecule has 0 unspecified atom stereocenters. The molecular weight excluding hydrogens is 324 g/mol. The third-order valence-electron chi connectivity index (χ3n) is 2.36. The van der Waals surface area contributed by atoms with Gasteiger partial charge in [0.05, 0.1) is 23.6 Å². The van der Waals surface area contributed by atoms with E-state index >= 15 is 0 Å². The van der Waals surface area contributed by atoms with Gasteiger partial charge in [0.1, 0.15) is 0 Å². The van der Waals surface area contributed by atoms with Gasteiger partial charge in [0.25, 0.3) is 0 Å². The van der Waals surface area contributed by atoms with Crippen molar-refractivity contribution in [3.63, 3.8) is 0 Å². The van der Waals surface area contributed by atoms with E-state index < -0.39 is 28.8 Å². The van der Waals surface area contributed by atoms with Crippen LogP contribution in [0.5, 0.6) is 0 Å². The van der Waals surface area contributed by atoms with Crippen LogP contribution in [0.15, 0.2) is 27.6 Å². The normalized spacial score (nSPS) is 12.7. The number of hydrogen-bond donors (Lipinski definition) is 4. The summed E-state index contributed by atoms with van der Waals surface area (Å²) in [6.07, 6.45) is 0.